The molecule has 0 spiro atoms. The third-order valence-electron chi connectivity index (χ3n) is 1.95. The molecular formula is C11H17N. The van der Waals surface area contributed by atoms with Crippen LogP contribution in [0.1, 0.15) is 45.4 Å². The summed E-state index contributed by atoms with van der Waals surface area (Å²) in [5.41, 5.74) is 0. The van der Waals surface area contributed by atoms with Crippen LogP contribution in [0.5, 0.6) is 0 Å². The monoisotopic (exact) mass is 163 g/mol. The van der Waals surface area contributed by atoms with Crippen LogP contribution in [-0.2, 0) is 0 Å². The maximum atomic E-state index is 8.67. The van der Waals surface area contributed by atoms with Crippen LogP contribution in [0.4, 0.5) is 0 Å². The summed E-state index contributed by atoms with van der Waals surface area (Å²) < 4.78 is 0. The van der Waals surface area contributed by atoms with Crippen LogP contribution in [0.3, 0.4) is 0 Å². The third-order valence-corrected chi connectivity index (χ3v) is 1.95. The molecule has 0 radical (unpaired) electrons. The Morgan fingerprint density at radius 2 is 2.08 bits per heavy atom. The molecule has 0 aromatic rings. The van der Waals surface area contributed by atoms with E-state index in [1.165, 1.54) is 19.3 Å². The Morgan fingerprint density at radius 1 is 1.33 bits per heavy atom. The van der Waals surface area contributed by atoms with Gasteiger partial charge in [-0.1, -0.05) is 32.6 Å². The molecule has 0 fully saturated rings. The molecule has 1 atom stereocenters. The van der Waals surface area contributed by atoms with E-state index in [1.54, 1.807) is 0 Å². The standard InChI is InChI=1S/C11H17N/c1-3-5-6-7-9-11(10-12)8-4-2/h2,11H,3,5-9H2,1H3. The van der Waals surface area contributed by atoms with Crippen LogP contribution in [0.25, 0.3) is 0 Å². The first-order valence-electron chi connectivity index (χ1n) is 4.68. The highest BCUT2D eigenvalue weighted by Crippen LogP contribution is 2.12. The van der Waals surface area contributed by atoms with Crippen LogP contribution in [0.15, 0.2) is 0 Å². The molecule has 1 unspecified atom stereocenters. The van der Waals surface area contributed by atoms with Gasteiger partial charge >= 0.3 is 0 Å². The van der Waals surface area contributed by atoms with Gasteiger partial charge in [0.2, 0.25) is 0 Å². The molecule has 0 saturated heterocycles. The van der Waals surface area contributed by atoms with Gasteiger partial charge in [-0.05, 0) is 6.42 Å². The first-order valence-corrected chi connectivity index (χ1v) is 4.68. The number of rotatable bonds is 6. The molecule has 0 aromatic carbocycles. The number of nitriles is 1. The third kappa shape index (κ3) is 5.81. The summed E-state index contributed by atoms with van der Waals surface area (Å²) in [6.07, 6.45) is 11.6. The van der Waals surface area contributed by atoms with Crippen LogP contribution >= 0.6 is 0 Å². The Hall–Kier alpha value is -0.950. The Labute approximate surface area is 75.8 Å². The lowest BCUT2D eigenvalue weighted by Gasteiger charge is -2.03. The zero-order valence-corrected chi connectivity index (χ0v) is 7.84. The Kier molecular flexibility index (Phi) is 7.50. The first kappa shape index (κ1) is 11.1. The smallest absolute Gasteiger partial charge is 0.0665 e. The minimum absolute atomic E-state index is 0.0897. The largest absolute Gasteiger partial charge is 0.198 e. The molecular weight excluding hydrogens is 146 g/mol. The van der Waals surface area contributed by atoms with Crippen LogP contribution < -0.4 is 0 Å². The summed E-state index contributed by atoms with van der Waals surface area (Å²) >= 11 is 0. The molecule has 1 heteroatoms. The van der Waals surface area contributed by atoms with Gasteiger partial charge in [0.15, 0.2) is 0 Å². The van der Waals surface area contributed by atoms with Crippen molar-refractivity contribution in [2.75, 3.05) is 0 Å². The highest BCUT2D eigenvalue weighted by atomic mass is 14.3. The second-order valence-corrected chi connectivity index (χ2v) is 3.08. The van der Waals surface area contributed by atoms with Gasteiger partial charge in [-0.2, -0.15) is 5.26 Å². The van der Waals surface area contributed by atoms with E-state index < -0.39 is 0 Å². The fraction of sp³-hybridized carbons (Fsp3) is 0.727. The molecule has 66 valence electrons. The summed E-state index contributed by atoms with van der Waals surface area (Å²) in [7, 11) is 0. The predicted octanol–water partition coefficient (Wildman–Crippen LogP) is 3.12. The summed E-state index contributed by atoms with van der Waals surface area (Å²) in [5.74, 6) is 2.63. The summed E-state index contributed by atoms with van der Waals surface area (Å²) in [6.45, 7) is 2.18. The van der Waals surface area contributed by atoms with Gasteiger partial charge < -0.3 is 0 Å². The SMILES string of the molecule is C#CCC(C#N)CCCCCC. The number of unbranched alkanes of at least 4 members (excludes halogenated alkanes) is 3. The predicted molar refractivity (Wildman–Crippen MR) is 51.3 cm³/mol. The molecule has 0 amide bonds. The van der Waals surface area contributed by atoms with E-state index in [1.807, 2.05) is 0 Å². The zero-order chi connectivity index (χ0) is 9.23. The first-order chi connectivity index (χ1) is 5.85. The van der Waals surface area contributed by atoms with Crippen molar-refractivity contribution < 1.29 is 0 Å². The van der Waals surface area contributed by atoms with Crippen molar-refractivity contribution in [1.82, 2.24) is 0 Å². The van der Waals surface area contributed by atoms with Crippen LogP contribution in [0.2, 0.25) is 0 Å². The van der Waals surface area contributed by atoms with E-state index >= 15 is 0 Å². The number of nitrogens with zero attached hydrogens (tertiary/aromatic N) is 1. The number of terminal acetylenes is 1. The fourth-order valence-corrected chi connectivity index (χ4v) is 1.17. The van der Waals surface area contributed by atoms with Crippen molar-refractivity contribution in [3.63, 3.8) is 0 Å². The lowest BCUT2D eigenvalue weighted by molar-refractivity contribution is 0.547. The highest BCUT2D eigenvalue weighted by Gasteiger charge is 2.03. The average molecular weight is 163 g/mol. The second-order valence-electron chi connectivity index (χ2n) is 3.08. The van der Waals surface area contributed by atoms with Gasteiger partial charge in [0.1, 0.15) is 0 Å². The van der Waals surface area contributed by atoms with Gasteiger partial charge in [-0.25, -0.2) is 0 Å². The van der Waals surface area contributed by atoms with Gasteiger partial charge in [-0.3, -0.25) is 0 Å². The normalized spacial score (nSPS) is 11.6. The molecule has 1 nitrogen and oxygen atoms in total. The van der Waals surface area contributed by atoms with Crippen molar-refractivity contribution in [3.8, 4) is 18.4 Å². The molecule has 0 N–H and O–H groups in total. The second kappa shape index (κ2) is 8.15. The fourth-order valence-electron chi connectivity index (χ4n) is 1.17. The zero-order valence-electron chi connectivity index (χ0n) is 7.84. The van der Waals surface area contributed by atoms with E-state index in [0.717, 1.165) is 12.8 Å². The topological polar surface area (TPSA) is 23.8 Å². The van der Waals surface area contributed by atoms with Crippen LogP contribution in [0, 0.1) is 29.6 Å². The molecule has 0 aliphatic rings. The maximum absolute atomic E-state index is 8.67. The number of hydrogen-bond donors (Lipinski definition) is 0. The number of hydrogen-bond acceptors (Lipinski definition) is 1. The highest BCUT2D eigenvalue weighted by molar-refractivity contribution is 4.94. The average Bonchev–Trinajstić information content (AvgIpc) is 2.10. The van der Waals surface area contributed by atoms with Gasteiger partial charge in [0.25, 0.3) is 0 Å². The van der Waals surface area contributed by atoms with E-state index in [0.29, 0.717) is 6.42 Å². The molecule has 0 bridgehead atoms. The molecule has 0 heterocycles. The van der Waals surface area contributed by atoms with Crippen molar-refractivity contribution in [3.05, 3.63) is 0 Å². The summed E-state index contributed by atoms with van der Waals surface area (Å²) in [4.78, 5) is 0. The minimum Gasteiger partial charge on any atom is -0.198 e. The lowest BCUT2D eigenvalue weighted by Crippen LogP contribution is -1.95. The minimum atomic E-state index is 0.0897. The summed E-state index contributed by atoms with van der Waals surface area (Å²) in [6, 6.07) is 2.24. The van der Waals surface area contributed by atoms with Crippen molar-refractivity contribution in [2.45, 2.75) is 45.4 Å². The molecule has 0 aliphatic heterocycles. The van der Waals surface area contributed by atoms with Crippen molar-refractivity contribution >= 4 is 0 Å². The van der Waals surface area contributed by atoms with E-state index in [4.69, 9.17) is 11.7 Å². The van der Waals surface area contributed by atoms with E-state index in [-0.39, 0.29) is 5.92 Å². The van der Waals surface area contributed by atoms with Crippen LogP contribution in [-0.4, -0.2) is 0 Å². The molecule has 0 aliphatic carbocycles. The summed E-state index contributed by atoms with van der Waals surface area (Å²) in [5, 5.41) is 8.67. The Balaban J connectivity index is 3.35. The maximum Gasteiger partial charge on any atom is 0.0665 e. The Bertz CT molecular complexity index is 170. The Morgan fingerprint density at radius 3 is 2.58 bits per heavy atom. The van der Waals surface area contributed by atoms with Crippen molar-refractivity contribution in [2.24, 2.45) is 5.92 Å². The van der Waals surface area contributed by atoms with Gasteiger partial charge in [0, 0.05) is 6.42 Å². The van der Waals surface area contributed by atoms with Crippen molar-refractivity contribution in [1.29, 1.82) is 5.26 Å². The van der Waals surface area contributed by atoms with E-state index in [9.17, 15) is 0 Å². The van der Waals surface area contributed by atoms with E-state index in [2.05, 4.69) is 18.9 Å². The quantitative estimate of drug-likeness (QED) is 0.436. The molecule has 12 heavy (non-hydrogen) atoms. The lowest BCUT2D eigenvalue weighted by atomic mass is 9.99. The molecule has 0 saturated carbocycles. The van der Waals surface area contributed by atoms with Gasteiger partial charge in [0.05, 0.1) is 12.0 Å². The molecule has 0 aromatic heterocycles. The van der Waals surface area contributed by atoms with Gasteiger partial charge in [-0.15, -0.1) is 12.3 Å². The molecule has 0 rings (SSSR count).